The van der Waals surface area contributed by atoms with Crippen LogP contribution in [0.25, 0.3) is 10.2 Å². The number of fused-ring (bicyclic) bond motifs is 1. The van der Waals surface area contributed by atoms with Crippen LogP contribution < -0.4 is 4.90 Å². The standard InChI is InChI=1S/C24H30ClN3OS2/c1-17-8-10-19(11-9-17)30-16-5-7-22(29)28(15-6-14-27(3)4)24-26-23-18(2)20(25)12-13-21(23)31-24/h8-13H,5-7,14-16H2,1-4H3. The fourth-order valence-corrected chi connectivity index (χ4v) is 5.33. The molecule has 3 rings (SSSR count). The van der Waals surface area contributed by atoms with Gasteiger partial charge in [-0.15, -0.1) is 11.8 Å². The number of hydrogen-bond acceptors (Lipinski definition) is 5. The molecule has 0 bridgehead atoms. The van der Waals surface area contributed by atoms with Gasteiger partial charge in [0.05, 0.1) is 10.2 Å². The molecule has 0 spiro atoms. The monoisotopic (exact) mass is 475 g/mol. The van der Waals surface area contributed by atoms with Gasteiger partial charge in [-0.3, -0.25) is 9.69 Å². The highest BCUT2D eigenvalue weighted by Crippen LogP contribution is 2.34. The van der Waals surface area contributed by atoms with Crippen LogP contribution in [0.5, 0.6) is 0 Å². The third-order valence-corrected chi connectivity index (χ3v) is 7.63. The molecule has 1 heterocycles. The quantitative estimate of drug-likeness (QED) is 0.250. The van der Waals surface area contributed by atoms with Gasteiger partial charge in [0.2, 0.25) is 5.91 Å². The number of carbonyl (C=O) groups excluding carboxylic acids is 1. The Bertz CT molecular complexity index is 1020. The molecule has 0 unspecified atom stereocenters. The van der Waals surface area contributed by atoms with Crippen LogP contribution in [0.3, 0.4) is 0 Å². The molecule has 0 saturated heterocycles. The SMILES string of the molecule is Cc1ccc(SCCCC(=O)N(CCCN(C)C)c2nc3c(C)c(Cl)ccc3s2)cc1. The van der Waals surface area contributed by atoms with Crippen LogP contribution in [-0.2, 0) is 4.79 Å². The normalized spacial score (nSPS) is 11.4. The van der Waals surface area contributed by atoms with E-state index in [1.807, 2.05) is 24.0 Å². The summed E-state index contributed by atoms with van der Waals surface area (Å²) in [6.07, 6.45) is 2.28. The van der Waals surface area contributed by atoms with E-state index >= 15 is 0 Å². The molecule has 0 radical (unpaired) electrons. The summed E-state index contributed by atoms with van der Waals surface area (Å²) in [6.45, 7) is 5.68. The van der Waals surface area contributed by atoms with Gasteiger partial charge in [-0.05, 0) is 82.9 Å². The number of thioether (sulfide) groups is 1. The van der Waals surface area contributed by atoms with Crippen molar-refractivity contribution in [1.29, 1.82) is 0 Å². The number of hydrogen-bond donors (Lipinski definition) is 0. The molecule has 2 aromatic carbocycles. The van der Waals surface area contributed by atoms with Crippen molar-refractivity contribution in [2.75, 3.05) is 37.8 Å². The Morgan fingerprint density at radius 2 is 1.81 bits per heavy atom. The highest BCUT2D eigenvalue weighted by atomic mass is 35.5. The van der Waals surface area contributed by atoms with Crippen LogP contribution >= 0.6 is 34.7 Å². The van der Waals surface area contributed by atoms with Gasteiger partial charge in [0.15, 0.2) is 5.13 Å². The summed E-state index contributed by atoms with van der Waals surface area (Å²) in [4.78, 5) is 23.2. The molecule has 0 atom stereocenters. The molecule has 0 aliphatic heterocycles. The number of rotatable bonds is 10. The van der Waals surface area contributed by atoms with Crippen molar-refractivity contribution in [2.24, 2.45) is 0 Å². The molecule has 1 aromatic heterocycles. The minimum absolute atomic E-state index is 0.145. The number of nitrogens with zero attached hydrogens (tertiary/aromatic N) is 3. The molecule has 0 aliphatic rings. The summed E-state index contributed by atoms with van der Waals surface area (Å²) >= 11 is 9.65. The fourth-order valence-electron chi connectivity index (χ4n) is 3.26. The number of thiazole rings is 1. The second-order valence-corrected chi connectivity index (χ2v) is 10.6. The van der Waals surface area contributed by atoms with Gasteiger partial charge in [0, 0.05) is 22.9 Å². The molecule has 0 fully saturated rings. The Balaban J connectivity index is 1.66. The van der Waals surface area contributed by atoms with Crippen molar-refractivity contribution in [2.45, 2.75) is 38.0 Å². The van der Waals surface area contributed by atoms with Crippen LogP contribution in [0.2, 0.25) is 5.02 Å². The zero-order valence-corrected chi connectivity index (χ0v) is 21.0. The second kappa shape index (κ2) is 11.3. The molecular formula is C24H30ClN3OS2. The summed E-state index contributed by atoms with van der Waals surface area (Å²) < 4.78 is 1.07. The van der Waals surface area contributed by atoms with Gasteiger partial charge in [-0.1, -0.05) is 40.6 Å². The van der Waals surface area contributed by atoms with Gasteiger partial charge in [-0.2, -0.15) is 0 Å². The number of halogens is 1. The highest BCUT2D eigenvalue weighted by Gasteiger charge is 2.20. The summed E-state index contributed by atoms with van der Waals surface area (Å²) in [5, 5.41) is 1.48. The lowest BCUT2D eigenvalue weighted by atomic mass is 10.2. The predicted octanol–water partition coefficient (Wildman–Crippen LogP) is 6.42. The number of aryl methyl sites for hydroxylation is 2. The first-order valence-electron chi connectivity index (χ1n) is 10.6. The van der Waals surface area contributed by atoms with Gasteiger partial charge in [-0.25, -0.2) is 4.98 Å². The average molecular weight is 476 g/mol. The van der Waals surface area contributed by atoms with Gasteiger partial charge in [0.25, 0.3) is 0 Å². The van der Waals surface area contributed by atoms with Crippen molar-refractivity contribution < 1.29 is 4.79 Å². The molecule has 0 saturated carbocycles. The summed E-state index contributed by atoms with van der Waals surface area (Å²) in [5.41, 5.74) is 3.13. The largest absolute Gasteiger partial charge is 0.309 e. The zero-order valence-electron chi connectivity index (χ0n) is 18.7. The average Bonchev–Trinajstić information content (AvgIpc) is 3.17. The first kappa shape index (κ1) is 24.1. The Morgan fingerprint density at radius 3 is 2.52 bits per heavy atom. The van der Waals surface area contributed by atoms with E-state index in [-0.39, 0.29) is 5.91 Å². The molecule has 7 heteroatoms. The van der Waals surface area contributed by atoms with E-state index < -0.39 is 0 Å². The second-order valence-electron chi connectivity index (χ2n) is 7.98. The maximum atomic E-state index is 13.1. The van der Waals surface area contributed by atoms with Crippen molar-refractivity contribution in [1.82, 2.24) is 9.88 Å². The molecule has 4 nitrogen and oxygen atoms in total. The lowest BCUT2D eigenvalue weighted by molar-refractivity contribution is -0.118. The number of aromatic nitrogens is 1. The van der Waals surface area contributed by atoms with Crippen molar-refractivity contribution >= 4 is 56.0 Å². The van der Waals surface area contributed by atoms with E-state index in [2.05, 4.69) is 50.2 Å². The third kappa shape index (κ3) is 6.69. The maximum Gasteiger partial charge on any atom is 0.228 e. The summed E-state index contributed by atoms with van der Waals surface area (Å²) in [7, 11) is 4.11. The fraction of sp³-hybridized carbons (Fsp3) is 0.417. The highest BCUT2D eigenvalue weighted by molar-refractivity contribution is 7.99. The van der Waals surface area contributed by atoms with Gasteiger partial charge < -0.3 is 4.90 Å². The summed E-state index contributed by atoms with van der Waals surface area (Å²) in [6, 6.07) is 12.4. The van der Waals surface area contributed by atoms with Crippen molar-refractivity contribution in [3.63, 3.8) is 0 Å². The minimum Gasteiger partial charge on any atom is -0.309 e. The third-order valence-electron chi connectivity index (χ3n) is 5.08. The van der Waals surface area contributed by atoms with E-state index in [9.17, 15) is 4.79 Å². The van der Waals surface area contributed by atoms with Crippen LogP contribution in [-0.4, -0.2) is 48.7 Å². The Hall–Kier alpha value is -1.60. The number of carbonyl (C=O) groups is 1. The van der Waals surface area contributed by atoms with E-state index in [0.29, 0.717) is 18.0 Å². The Kier molecular flexibility index (Phi) is 8.78. The Labute approximate surface area is 198 Å². The lowest BCUT2D eigenvalue weighted by Gasteiger charge is -2.21. The number of amides is 1. The smallest absolute Gasteiger partial charge is 0.228 e. The van der Waals surface area contributed by atoms with Gasteiger partial charge >= 0.3 is 0 Å². The Morgan fingerprint density at radius 1 is 1.06 bits per heavy atom. The molecule has 0 N–H and O–H groups in total. The van der Waals surface area contributed by atoms with E-state index in [1.54, 1.807) is 23.1 Å². The number of anilines is 1. The maximum absolute atomic E-state index is 13.1. The van der Waals surface area contributed by atoms with Crippen LogP contribution in [0.15, 0.2) is 41.3 Å². The topological polar surface area (TPSA) is 36.4 Å². The van der Waals surface area contributed by atoms with Crippen LogP contribution in [0.1, 0.15) is 30.4 Å². The minimum atomic E-state index is 0.145. The molecule has 3 aromatic rings. The molecule has 166 valence electrons. The van der Waals surface area contributed by atoms with Gasteiger partial charge in [0.1, 0.15) is 0 Å². The molecule has 0 aliphatic carbocycles. The van der Waals surface area contributed by atoms with E-state index in [1.165, 1.54) is 10.5 Å². The zero-order chi connectivity index (χ0) is 22.4. The van der Waals surface area contributed by atoms with Crippen molar-refractivity contribution in [3.8, 4) is 0 Å². The molecule has 1 amide bonds. The van der Waals surface area contributed by atoms with Crippen LogP contribution in [0, 0.1) is 13.8 Å². The van der Waals surface area contributed by atoms with E-state index in [4.69, 9.17) is 16.6 Å². The number of benzene rings is 2. The summed E-state index contributed by atoms with van der Waals surface area (Å²) in [5.74, 6) is 1.07. The first-order valence-corrected chi connectivity index (χ1v) is 12.7. The van der Waals surface area contributed by atoms with E-state index in [0.717, 1.165) is 46.1 Å². The molecule has 31 heavy (non-hydrogen) atoms. The lowest BCUT2D eigenvalue weighted by Crippen LogP contribution is -2.33. The predicted molar refractivity (Wildman–Crippen MR) is 136 cm³/mol. The van der Waals surface area contributed by atoms with Crippen LogP contribution in [0.4, 0.5) is 5.13 Å². The van der Waals surface area contributed by atoms with Crippen molar-refractivity contribution in [3.05, 3.63) is 52.5 Å². The first-order chi connectivity index (χ1) is 14.8. The molecular weight excluding hydrogens is 446 g/mol.